The molecule has 3 fully saturated rings. The molecule has 4 aliphatic rings. The van der Waals surface area contributed by atoms with Crippen LogP contribution in [0.3, 0.4) is 0 Å². The molecule has 1 aromatic rings. The molecule has 2 bridgehead atoms. The van der Waals surface area contributed by atoms with E-state index in [0.29, 0.717) is 31.2 Å². The molecule has 0 N–H and O–H groups in total. The predicted octanol–water partition coefficient (Wildman–Crippen LogP) is 1.51. The van der Waals surface area contributed by atoms with Crippen molar-refractivity contribution in [3.63, 3.8) is 0 Å². The van der Waals surface area contributed by atoms with Gasteiger partial charge in [0.05, 0.1) is 18.9 Å². The fraction of sp³-hybridized carbons (Fsp3) is 0.500. The summed E-state index contributed by atoms with van der Waals surface area (Å²) in [5, 5.41) is 0.580. The lowest BCUT2D eigenvalue weighted by Gasteiger charge is -2.38. The lowest BCUT2D eigenvalue weighted by molar-refractivity contribution is -0.151. The van der Waals surface area contributed by atoms with E-state index in [1.165, 1.54) is 12.0 Å². The van der Waals surface area contributed by atoms with Crippen LogP contribution in [0.4, 0.5) is 0 Å². The van der Waals surface area contributed by atoms with Crippen LogP contribution in [-0.2, 0) is 23.9 Å². The minimum absolute atomic E-state index is 0.128. The quantitative estimate of drug-likeness (QED) is 0.367. The molecule has 2 saturated heterocycles. The maximum absolute atomic E-state index is 13.0. The molecule has 3 amide bonds. The van der Waals surface area contributed by atoms with Crippen molar-refractivity contribution in [1.82, 2.24) is 14.7 Å². The van der Waals surface area contributed by atoms with Crippen molar-refractivity contribution in [3.8, 4) is 0 Å². The number of rotatable bonds is 5. The third kappa shape index (κ3) is 3.75. The summed E-state index contributed by atoms with van der Waals surface area (Å²) in [5.41, 5.74) is 0.772. The summed E-state index contributed by atoms with van der Waals surface area (Å²) in [6, 6.07) is 6.46. The number of carbonyl (C=O) groups excluding carboxylic acids is 4. The molecule has 2 aliphatic carbocycles. The summed E-state index contributed by atoms with van der Waals surface area (Å²) in [7, 11) is 1.35. The van der Waals surface area contributed by atoms with Gasteiger partial charge in [0, 0.05) is 31.2 Å². The number of halogens is 1. The van der Waals surface area contributed by atoms with Gasteiger partial charge >= 0.3 is 5.97 Å². The molecule has 33 heavy (non-hydrogen) atoms. The first kappa shape index (κ1) is 22.1. The summed E-state index contributed by atoms with van der Waals surface area (Å²) >= 11 is 5.98. The normalized spacial score (nSPS) is 29.5. The fourth-order valence-corrected chi connectivity index (χ4v) is 5.96. The van der Waals surface area contributed by atoms with Crippen LogP contribution >= 0.6 is 11.6 Å². The minimum Gasteiger partial charge on any atom is -0.468 e. The molecule has 8 nitrogen and oxygen atoms in total. The van der Waals surface area contributed by atoms with Crippen LogP contribution in [0.2, 0.25) is 5.02 Å². The second-order valence-electron chi connectivity index (χ2n) is 9.16. The maximum atomic E-state index is 13.0. The molecule has 5 atom stereocenters. The van der Waals surface area contributed by atoms with Crippen LogP contribution in [0.15, 0.2) is 36.4 Å². The number of allylic oxidation sites excluding steroid dienone is 2. The van der Waals surface area contributed by atoms with Gasteiger partial charge in [-0.05, 0) is 36.0 Å². The Hall–Kier alpha value is -2.71. The zero-order chi connectivity index (χ0) is 23.3. The van der Waals surface area contributed by atoms with E-state index in [1.54, 1.807) is 29.2 Å². The molecule has 9 heteroatoms. The van der Waals surface area contributed by atoms with Crippen molar-refractivity contribution in [2.24, 2.45) is 23.7 Å². The Labute approximate surface area is 197 Å². The van der Waals surface area contributed by atoms with Gasteiger partial charge in [0.15, 0.2) is 0 Å². The second-order valence-corrected chi connectivity index (χ2v) is 9.59. The van der Waals surface area contributed by atoms with Crippen LogP contribution in [0.1, 0.15) is 18.0 Å². The molecule has 174 valence electrons. The topological polar surface area (TPSA) is 87.2 Å². The Morgan fingerprint density at radius 3 is 2.12 bits per heavy atom. The first-order valence-electron chi connectivity index (χ1n) is 11.3. The smallest absolute Gasteiger partial charge is 0.327 e. The van der Waals surface area contributed by atoms with E-state index < -0.39 is 6.04 Å². The Morgan fingerprint density at radius 1 is 1.00 bits per heavy atom. The van der Waals surface area contributed by atoms with Crippen LogP contribution in [0.25, 0.3) is 0 Å². The monoisotopic (exact) mass is 471 g/mol. The van der Waals surface area contributed by atoms with E-state index in [4.69, 9.17) is 16.3 Å². The zero-order valence-corrected chi connectivity index (χ0v) is 19.1. The number of carbonyl (C=O) groups is 4. The van der Waals surface area contributed by atoms with E-state index in [-0.39, 0.29) is 53.9 Å². The zero-order valence-electron chi connectivity index (χ0n) is 18.4. The number of methoxy groups -OCH3 is 1. The van der Waals surface area contributed by atoms with Crippen molar-refractivity contribution in [1.29, 1.82) is 0 Å². The van der Waals surface area contributed by atoms with Crippen LogP contribution in [0.5, 0.6) is 0 Å². The molecule has 2 heterocycles. The Morgan fingerprint density at radius 2 is 1.58 bits per heavy atom. The number of nitrogens with zero attached hydrogens (tertiary/aromatic N) is 3. The number of hydrogen-bond acceptors (Lipinski definition) is 6. The summed E-state index contributed by atoms with van der Waals surface area (Å²) in [5.74, 6) is -1.36. The number of fused-ring (bicyclic) bond motifs is 5. The lowest BCUT2D eigenvalue weighted by atomic mass is 9.85. The summed E-state index contributed by atoms with van der Waals surface area (Å²) in [6.45, 7) is 1.53. The average molecular weight is 472 g/mol. The molecule has 0 radical (unpaired) electrons. The largest absolute Gasteiger partial charge is 0.468 e. The van der Waals surface area contributed by atoms with E-state index in [0.717, 1.165) is 12.0 Å². The number of hydrogen-bond donors (Lipinski definition) is 0. The first-order valence-corrected chi connectivity index (χ1v) is 11.7. The minimum atomic E-state index is -0.589. The SMILES string of the molecule is COC(=O)C(c1ccc(Cl)cc1)N1CCN(C(=O)CN2C(=O)C3C4C=CC(C4)C3C2=O)CC1. The predicted molar refractivity (Wildman–Crippen MR) is 119 cm³/mol. The molecule has 1 saturated carbocycles. The summed E-state index contributed by atoms with van der Waals surface area (Å²) < 4.78 is 5.01. The highest BCUT2D eigenvalue weighted by atomic mass is 35.5. The molecule has 1 aromatic carbocycles. The number of ether oxygens (including phenoxy) is 1. The molecule has 0 aromatic heterocycles. The van der Waals surface area contributed by atoms with Crippen LogP contribution in [-0.4, -0.2) is 78.2 Å². The Balaban J connectivity index is 1.21. The van der Waals surface area contributed by atoms with Crippen molar-refractivity contribution in [3.05, 3.63) is 47.0 Å². The summed E-state index contributed by atoms with van der Waals surface area (Å²) in [6.07, 6.45) is 4.95. The second kappa shape index (κ2) is 8.57. The van der Waals surface area contributed by atoms with Gasteiger partial charge in [-0.1, -0.05) is 35.9 Å². The highest BCUT2D eigenvalue weighted by Gasteiger charge is 2.59. The fourth-order valence-electron chi connectivity index (χ4n) is 5.84. The van der Waals surface area contributed by atoms with Crippen molar-refractivity contribution in [2.45, 2.75) is 12.5 Å². The van der Waals surface area contributed by atoms with Gasteiger partial charge in [-0.3, -0.25) is 24.2 Å². The third-order valence-electron chi connectivity index (χ3n) is 7.50. The van der Waals surface area contributed by atoms with Crippen molar-refractivity contribution in [2.75, 3.05) is 39.8 Å². The standard InChI is InChI=1S/C24H26ClN3O5/c1-33-24(32)21(14-4-6-17(25)7-5-14)27-10-8-26(9-11-27)18(29)13-28-22(30)19-15-2-3-16(12-15)20(19)23(28)31/h2-7,15-16,19-21H,8-13H2,1H3. The first-order chi connectivity index (χ1) is 15.9. The van der Waals surface area contributed by atoms with E-state index in [9.17, 15) is 19.2 Å². The van der Waals surface area contributed by atoms with E-state index in [1.807, 2.05) is 17.1 Å². The van der Waals surface area contributed by atoms with E-state index in [2.05, 4.69) is 0 Å². The Kier molecular flexibility index (Phi) is 5.74. The molecular formula is C24H26ClN3O5. The number of likely N-dealkylation sites (tertiary alicyclic amines) is 1. The van der Waals surface area contributed by atoms with Gasteiger partial charge in [-0.25, -0.2) is 4.79 Å². The molecule has 5 unspecified atom stereocenters. The lowest BCUT2D eigenvalue weighted by Crippen LogP contribution is -2.53. The average Bonchev–Trinajstić information content (AvgIpc) is 3.51. The number of piperazine rings is 1. The van der Waals surface area contributed by atoms with Gasteiger partial charge in [-0.2, -0.15) is 0 Å². The number of amides is 3. The number of benzene rings is 1. The van der Waals surface area contributed by atoms with E-state index >= 15 is 0 Å². The summed E-state index contributed by atoms with van der Waals surface area (Å²) in [4.78, 5) is 56.0. The number of imide groups is 1. The van der Waals surface area contributed by atoms with Gasteiger partial charge in [0.2, 0.25) is 17.7 Å². The van der Waals surface area contributed by atoms with Crippen LogP contribution < -0.4 is 0 Å². The van der Waals surface area contributed by atoms with Gasteiger partial charge in [-0.15, -0.1) is 0 Å². The molecule has 0 spiro atoms. The molecule has 2 aliphatic heterocycles. The Bertz CT molecular complexity index is 987. The highest BCUT2D eigenvalue weighted by Crippen LogP contribution is 2.52. The van der Waals surface area contributed by atoms with Crippen molar-refractivity contribution < 1.29 is 23.9 Å². The highest BCUT2D eigenvalue weighted by molar-refractivity contribution is 6.30. The van der Waals surface area contributed by atoms with Gasteiger partial charge in [0.25, 0.3) is 0 Å². The van der Waals surface area contributed by atoms with Gasteiger partial charge < -0.3 is 9.64 Å². The van der Waals surface area contributed by atoms with Crippen molar-refractivity contribution >= 4 is 35.3 Å². The van der Waals surface area contributed by atoms with Gasteiger partial charge in [0.1, 0.15) is 12.6 Å². The molecular weight excluding hydrogens is 446 g/mol. The number of esters is 1. The maximum Gasteiger partial charge on any atom is 0.327 e. The molecule has 5 rings (SSSR count). The van der Waals surface area contributed by atoms with Crippen LogP contribution in [0, 0.1) is 23.7 Å². The third-order valence-corrected chi connectivity index (χ3v) is 7.75.